The SMILES string of the molecule is FC(F)(F)C12CC3(c4ccccc4)CC(C(F)(F)F)(C1)CC(C14CC5(c6ccccc6)CC(C(F)(F)F)(CC(C(F)(F)F)(C5)C1)C4)(C3)C2. The van der Waals surface area contributed by atoms with Crippen LogP contribution in [0.5, 0.6) is 0 Å². The van der Waals surface area contributed by atoms with Gasteiger partial charge in [0, 0.05) is 0 Å². The summed E-state index contributed by atoms with van der Waals surface area (Å²) in [6.07, 6.45) is -30.1. The quantitative estimate of drug-likeness (QED) is 0.281. The second kappa shape index (κ2) is 8.90. The highest BCUT2D eigenvalue weighted by Gasteiger charge is 2.87. The van der Waals surface area contributed by atoms with Gasteiger partial charge in [0.2, 0.25) is 0 Å². The maximum absolute atomic E-state index is 15.5. The lowest BCUT2D eigenvalue weighted by Gasteiger charge is -2.80. The topological polar surface area (TPSA) is 0 Å². The van der Waals surface area contributed by atoms with Crippen molar-refractivity contribution in [2.24, 2.45) is 32.5 Å². The third-order valence-corrected chi connectivity index (χ3v) is 14.4. The molecule has 48 heavy (non-hydrogen) atoms. The van der Waals surface area contributed by atoms with Crippen LogP contribution in [0.25, 0.3) is 0 Å². The van der Waals surface area contributed by atoms with Gasteiger partial charge in [0.1, 0.15) is 0 Å². The van der Waals surface area contributed by atoms with E-state index >= 15 is 52.7 Å². The molecule has 0 nitrogen and oxygen atoms in total. The summed E-state index contributed by atoms with van der Waals surface area (Å²) in [5.74, 6) is 0. The minimum Gasteiger partial charge on any atom is -0.171 e. The van der Waals surface area contributed by atoms with Gasteiger partial charge in [-0.3, -0.25) is 0 Å². The van der Waals surface area contributed by atoms with Crippen molar-refractivity contribution >= 4 is 0 Å². The summed E-state index contributed by atoms with van der Waals surface area (Å²) in [7, 11) is 0. The van der Waals surface area contributed by atoms with E-state index in [0.717, 1.165) is 0 Å². The Hall–Kier alpha value is -2.40. The second-order valence-electron chi connectivity index (χ2n) is 17.1. The Morgan fingerprint density at radius 2 is 0.562 bits per heavy atom. The molecule has 8 bridgehead atoms. The van der Waals surface area contributed by atoms with Crippen molar-refractivity contribution in [3.05, 3.63) is 71.8 Å². The molecule has 262 valence electrons. The molecule has 4 atom stereocenters. The van der Waals surface area contributed by atoms with Crippen LogP contribution in [0, 0.1) is 32.5 Å². The Balaban J connectivity index is 1.45. The first kappa shape index (κ1) is 32.8. The average Bonchev–Trinajstić information content (AvgIpc) is 2.95. The van der Waals surface area contributed by atoms with E-state index in [9.17, 15) is 0 Å². The molecule has 8 fully saturated rings. The molecule has 8 saturated carbocycles. The maximum atomic E-state index is 15.5. The largest absolute Gasteiger partial charge is 0.394 e. The first-order valence-corrected chi connectivity index (χ1v) is 16.3. The van der Waals surface area contributed by atoms with Gasteiger partial charge in [0.25, 0.3) is 0 Å². The summed E-state index contributed by atoms with van der Waals surface area (Å²) in [5.41, 5.74) is -18.9. The van der Waals surface area contributed by atoms with Gasteiger partial charge in [-0.2, -0.15) is 52.7 Å². The Morgan fingerprint density at radius 1 is 0.312 bits per heavy atom. The van der Waals surface area contributed by atoms with Crippen molar-refractivity contribution in [2.45, 2.75) is 113 Å². The van der Waals surface area contributed by atoms with Crippen LogP contribution in [0.1, 0.15) is 88.2 Å². The predicted molar refractivity (Wildman–Crippen MR) is 150 cm³/mol. The number of hydrogen-bond acceptors (Lipinski definition) is 0. The fourth-order valence-corrected chi connectivity index (χ4v) is 13.8. The molecule has 8 aliphatic carbocycles. The lowest BCUT2D eigenvalue weighted by atomic mass is 9.24. The van der Waals surface area contributed by atoms with E-state index in [0.29, 0.717) is 0 Å². The van der Waals surface area contributed by atoms with Gasteiger partial charge >= 0.3 is 24.7 Å². The minimum absolute atomic E-state index is 0.231. The summed E-state index contributed by atoms with van der Waals surface area (Å²) in [4.78, 5) is 0. The zero-order chi connectivity index (χ0) is 34.7. The molecule has 0 heterocycles. The van der Waals surface area contributed by atoms with Crippen molar-refractivity contribution in [1.82, 2.24) is 0 Å². The van der Waals surface area contributed by atoms with E-state index in [-0.39, 0.29) is 24.0 Å². The van der Waals surface area contributed by atoms with E-state index in [1.807, 2.05) is 0 Å². The molecular formula is C36H34F12. The Kier molecular flexibility index (Phi) is 6.08. The summed E-state index contributed by atoms with van der Waals surface area (Å²) < 4.78 is 186. The number of halogens is 12. The van der Waals surface area contributed by atoms with Crippen LogP contribution in [0.2, 0.25) is 0 Å². The molecule has 0 aromatic heterocycles. The van der Waals surface area contributed by atoms with E-state index in [1.54, 1.807) is 12.1 Å². The van der Waals surface area contributed by atoms with Crippen LogP contribution in [0.15, 0.2) is 60.7 Å². The van der Waals surface area contributed by atoms with E-state index in [2.05, 4.69) is 0 Å². The normalized spacial score (nSPS) is 45.2. The van der Waals surface area contributed by atoms with Crippen LogP contribution in [0.3, 0.4) is 0 Å². The zero-order valence-electron chi connectivity index (χ0n) is 25.8. The number of rotatable bonds is 3. The van der Waals surface area contributed by atoms with Gasteiger partial charge in [0.15, 0.2) is 0 Å². The molecule has 0 radical (unpaired) electrons. The third-order valence-electron chi connectivity index (χ3n) is 14.4. The van der Waals surface area contributed by atoms with Gasteiger partial charge in [-0.05, 0) is 110 Å². The van der Waals surface area contributed by atoms with Gasteiger partial charge in [0.05, 0.1) is 21.7 Å². The molecule has 0 spiro atoms. The van der Waals surface area contributed by atoms with Crippen LogP contribution in [0.4, 0.5) is 52.7 Å². The predicted octanol–water partition coefficient (Wildman–Crippen LogP) is 11.8. The van der Waals surface area contributed by atoms with Crippen LogP contribution >= 0.6 is 0 Å². The first-order chi connectivity index (χ1) is 21.9. The van der Waals surface area contributed by atoms with Crippen molar-refractivity contribution in [3.8, 4) is 0 Å². The van der Waals surface area contributed by atoms with Gasteiger partial charge in [-0.1, -0.05) is 60.7 Å². The van der Waals surface area contributed by atoms with Gasteiger partial charge < -0.3 is 0 Å². The third kappa shape index (κ3) is 3.89. The second-order valence-corrected chi connectivity index (χ2v) is 17.1. The molecule has 0 N–H and O–H groups in total. The fourth-order valence-electron chi connectivity index (χ4n) is 13.8. The average molecular weight is 695 g/mol. The molecule has 2 aromatic rings. The van der Waals surface area contributed by atoms with Crippen LogP contribution in [-0.2, 0) is 10.8 Å². The molecule has 8 aliphatic rings. The summed E-state index contributed by atoms with van der Waals surface area (Å²) in [6.45, 7) is 0. The fraction of sp³-hybridized carbons (Fsp3) is 0.667. The van der Waals surface area contributed by atoms with Crippen molar-refractivity contribution in [3.63, 3.8) is 0 Å². The van der Waals surface area contributed by atoms with Crippen molar-refractivity contribution < 1.29 is 52.7 Å². The number of alkyl halides is 12. The highest BCUT2D eigenvalue weighted by Crippen LogP contribution is 2.89. The smallest absolute Gasteiger partial charge is 0.171 e. The lowest BCUT2D eigenvalue weighted by Crippen LogP contribution is -2.77. The first-order valence-electron chi connectivity index (χ1n) is 16.3. The van der Waals surface area contributed by atoms with Gasteiger partial charge in [-0.15, -0.1) is 0 Å². The zero-order valence-corrected chi connectivity index (χ0v) is 25.8. The van der Waals surface area contributed by atoms with Crippen LogP contribution < -0.4 is 0 Å². The molecular weight excluding hydrogens is 660 g/mol. The van der Waals surface area contributed by atoms with Gasteiger partial charge in [-0.25, -0.2) is 0 Å². The minimum atomic E-state index is -5.17. The monoisotopic (exact) mass is 694 g/mol. The molecule has 4 unspecified atom stereocenters. The summed E-state index contributed by atoms with van der Waals surface area (Å²) >= 11 is 0. The van der Waals surface area contributed by atoms with Crippen molar-refractivity contribution in [1.29, 1.82) is 0 Å². The highest BCUT2D eigenvalue weighted by atomic mass is 19.4. The number of benzene rings is 2. The number of hydrogen-bond donors (Lipinski definition) is 0. The Labute approximate surface area is 269 Å². The molecule has 0 aliphatic heterocycles. The standard InChI is InChI=1S/C36H34F12/c37-33(38,39)29-13-25(23-7-3-1-4-8-23)11-27(17-29,18-30(14-25,21-29)34(40,41)42)28-12-26(24-9-5-2-6-10-24)15-31(19-28,35(43,44)45)22-32(16-26,20-28)36(46,47)48/h1-10H,11-22H2. The summed E-state index contributed by atoms with van der Waals surface area (Å²) in [6, 6.07) is 15.0. The van der Waals surface area contributed by atoms with E-state index < -0.39 is 132 Å². The van der Waals surface area contributed by atoms with Crippen molar-refractivity contribution in [2.75, 3.05) is 0 Å². The maximum Gasteiger partial charge on any atom is 0.394 e. The Bertz CT molecular complexity index is 1430. The van der Waals surface area contributed by atoms with E-state index in [4.69, 9.17) is 0 Å². The molecule has 2 aromatic carbocycles. The van der Waals surface area contributed by atoms with Crippen LogP contribution in [-0.4, -0.2) is 24.7 Å². The molecule has 12 heteroatoms. The highest BCUT2D eigenvalue weighted by molar-refractivity contribution is 5.40. The van der Waals surface area contributed by atoms with E-state index in [1.165, 1.54) is 48.5 Å². The lowest BCUT2D eigenvalue weighted by molar-refractivity contribution is -0.406. The molecule has 0 saturated heterocycles. The Morgan fingerprint density at radius 3 is 0.792 bits per heavy atom. The molecule has 10 rings (SSSR count). The summed E-state index contributed by atoms with van der Waals surface area (Å²) in [5, 5.41) is 0. The molecule has 0 amide bonds.